The third-order valence-electron chi connectivity index (χ3n) is 3.27. The summed E-state index contributed by atoms with van der Waals surface area (Å²) >= 11 is 0. The lowest BCUT2D eigenvalue weighted by molar-refractivity contribution is 0.206. The summed E-state index contributed by atoms with van der Waals surface area (Å²) in [5.41, 5.74) is 7.50. The molecule has 0 saturated heterocycles. The second-order valence-corrected chi connectivity index (χ2v) is 4.43. The van der Waals surface area contributed by atoms with Crippen LogP contribution in [0.1, 0.15) is 38.3 Å². The van der Waals surface area contributed by atoms with Crippen LogP contribution < -0.4 is 5.73 Å². The monoisotopic (exact) mass is 233 g/mol. The number of hydrogen-bond acceptors (Lipinski definition) is 2. The summed E-state index contributed by atoms with van der Waals surface area (Å²) in [5.74, 6) is 0.130. The molecule has 3 N–H and O–H groups in total. The van der Waals surface area contributed by atoms with Crippen LogP contribution in [0.3, 0.4) is 0 Å². The molecule has 1 atom stereocenters. The number of nitrogens with two attached hydrogens (primary N) is 1. The molecule has 0 bridgehead atoms. The molecule has 0 saturated carbocycles. The van der Waals surface area contributed by atoms with Crippen LogP contribution in [0.25, 0.3) is 0 Å². The fourth-order valence-corrected chi connectivity index (χ4v) is 1.86. The fourth-order valence-electron chi connectivity index (χ4n) is 1.86. The number of benzene rings is 1. The van der Waals surface area contributed by atoms with Crippen molar-refractivity contribution < 1.29 is 0 Å². The van der Waals surface area contributed by atoms with Crippen LogP contribution in [0.2, 0.25) is 0 Å². The molecular formula is C14H23N3. The van der Waals surface area contributed by atoms with Gasteiger partial charge in [0.1, 0.15) is 5.84 Å². The van der Waals surface area contributed by atoms with Gasteiger partial charge in [-0.2, -0.15) is 0 Å². The van der Waals surface area contributed by atoms with Gasteiger partial charge in [-0.15, -0.1) is 0 Å². The Hall–Kier alpha value is -1.35. The predicted molar refractivity (Wildman–Crippen MR) is 73.3 cm³/mol. The quantitative estimate of drug-likeness (QED) is 0.586. The van der Waals surface area contributed by atoms with E-state index in [9.17, 15) is 0 Å². The van der Waals surface area contributed by atoms with E-state index in [4.69, 9.17) is 11.1 Å². The standard InChI is InChI=1S/C14H23N3/c1-4-11(3)17(5-2)10-12-6-8-13(9-7-12)14(15)16/h6-9,11H,4-5,10H2,1-3H3,(H3,15,16). The molecule has 0 heterocycles. The van der Waals surface area contributed by atoms with Gasteiger partial charge in [0.25, 0.3) is 0 Å². The minimum atomic E-state index is 0.130. The maximum atomic E-state index is 7.35. The maximum absolute atomic E-state index is 7.35. The van der Waals surface area contributed by atoms with Gasteiger partial charge in [0.05, 0.1) is 0 Å². The summed E-state index contributed by atoms with van der Waals surface area (Å²) in [5, 5.41) is 7.35. The molecular weight excluding hydrogens is 210 g/mol. The molecule has 0 spiro atoms. The highest BCUT2D eigenvalue weighted by molar-refractivity contribution is 5.94. The lowest BCUT2D eigenvalue weighted by Gasteiger charge is -2.27. The summed E-state index contributed by atoms with van der Waals surface area (Å²) < 4.78 is 0. The minimum Gasteiger partial charge on any atom is -0.384 e. The van der Waals surface area contributed by atoms with E-state index in [1.807, 2.05) is 12.1 Å². The summed E-state index contributed by atoms with van der Waals surface area (Å²) in [7, 11) is 0. The van der Waals surface area contributed by atoms with Crippen molar-refractivity contribution in [2.24, 2.45) is 5.73 Å². The first-order valence-corrected chi connectivity index (χ1v) is 6.25. The van der Waals surface area contributed by atoms with Crippen molar-refractivity contribution in [1.29, 1.82) is 5.41 Å². The molecule has 3 heteroatoms. The molecule has 0 radical (unpaired) electrons. The van der Waals surface area contributed by atoms with Gasteiger partial charge in [-0.05, 0) is 25.5 Å². The molecule has 17 heavy (non-hydrogen) atoms. The molecule has 0 aliphatic heterocycles. The Labute approximate surface area is 104 Å². The smallest absolute Gasteiger partial charge is 0.122 e. The highest BCUT2D eigenvalue weighted by atomic mass is 15.1. The van der Waals surface area contributed by atoms with Crippen LogP contribution in [-0.4, -0.2) is 23.3 Å². The Morgan fingerprint density at radius 2 is 1.88 bits per heavy atom. The topological polar surface area (TPSA) is 53.1 Å². The Morgan fingerprint density at radius 1 is 1.29 bits per heavy atom. The zero-order valence-electron chi connectivity index (χ0n) is 11.0. The third-order valence-corrected chi connectivity index (χ3v) is 3.27. The van der Waals surface area contributed by atoms with E-state index in [1.165, 1.54) is 12.0 Å². The zero-order valence-corrected chi connectivity index (χ0v) is 11.0. The summed E-state index contributed by atoms with van der Waals surface area (Å²) in [4.78, 5) is 2.45. The first kappa shape index (κ1) is 13.7. The van der Waals surface area contributed by atoms with Crippen molar-refractivity contribution in [3.63, 3.8) is 0 Å². The van der Waals surface area contributed by atoms with Crippen LogP contribution in [0.5, 0.6) is 0 Å². The summed E-state index contributed by atoms with van der Waals surface area (Å²) in [6, 6.07) is 8.56. The van der Waals surface area contributed by atoms with Crippen molar-refractivity contribution in [3.8, 4) is 0 Å². The number of hydrogen-bond donors (Lipinski definition) is 2. The van der Waals surface area contributed by atoms with Gasteiger partial charge in [-0.1, -0.05) is 38.1 Å². The normalized spacial score (nSPS) is 12.7. The van der Waals surface area contributed by atoms with Gasteiger partial charge in [-0.25, -0.2) is 0 Å². The first-order chi connectivity index (χ1) is 8.08. The minimum absolute atomic E-state index is 0.130. The van der Waals surface area contributed by atoms with E-state index in [-0.39, 0.29) is 5.84 Å². The van der Waals surface area contributed by atoms with E-state index in [1.54, 1.807) is 0 Å². The molecule has 0 aliphatic carbocycles. The highest BCUT2D eigenvalue weighted by Crippen LogP contribution is 2.11. The van der Waals surface area contributed by atoms with E-state index in [0.717, 1.165) is 18.7 Å². The molecule has 1 unspecified atom stereocenters. The average molecular weight is 233 g/mol. The van der Waals surface area contributed by atoms with Crippen LogP contribution in [0.4, 0.5) is 0 Å². The molecule has 3 nitrogen and oxygen atoms in total. The van der Waals surface area contributed by atoms with Crippen molar-refractivity contribution in [3.05, 3.63) is 35.4 Å². The van der Waals surface area contributed by atoms with Crippen molar-refractivity contribution in [2.75, 3.05) is 6.54 Å². The van der Waals surface area contributed by atoms with Crippen LogP contribution in [0, 0.1) is 5.41 Å². The van der Waals surface area contributed by atoms with Crippen LogP contribution in [-0.2, 0) is 6.54 Å². The number of nitrogen functional groups attached to an aromatic ring is 1. The SMILES string of the molecule is CCC(C)N(CC)Cc1ccc(C(=N)N)cc1. The molecule has 0 amide bonds. The Morgan fingerprint density at radius 3 is 2.29 bits per heavy atom. The lowest BCUT2D eigenvalue weighted by atomic mass is 10.1. The number of nitrogens with zero attached hydrogens (tertiary/aromatic N) is 1. The Kier molecular flexibility index (Phi) is 5.16. The largest absolute Gasteiger partial charge is 0.384 e. The molecule has 0 fully saturated rings. The molecule has 1 aromatic carbocycles. The predicted octanol–water partition coefficient (Wildman–Crippen LogP) is 2.59. The number of amidine groups is 1. The maximum Gasteiger partial charge on any atom is 0.122 e. The second kappa shape index (κ2) is 6.40. The van der Waals surface area contributed by atoms with Gasteiger partial charge in [0.15, 0.2) is 0 Å². The van der Waals surface area contributed by atoms with Crippen LogP contribution in [0.15, 0.2) is 24.3 Å². The van der Waals surface area contributed by atoms with Gasteiger partial charge in [0.2, 0.25) is 0 Å². The number of nitrogens with one attached hydrogen (secondary N) is 1. The van der Waals surface area contributed by atoms with E-state index in [0.29, 0.717) is 6.04 Å². The third kappa shape index (κ3) is 3.86. The lowest BCUT2D eigenvalue weighted by Crippen LogP contribution is -2.31. The van der Waals surface area contributed by atoms with Gasteiger partial charge >= 0.3 is 0 Å². The molecule has 1 aromatic rings. The van der Waals surface area contributed by atoms with Gasteiger partial charge in [-0.3, -0.25) is 10.3 Å². The summed E-state index contributed by atoms with van der Waals surface area (Å²) in [6.07, 6.45) is 1.17. The molecule has 1 rings (SSSR count). The van der Waals surface area contributed by atoms with E-state index >= 15 is 0 Å². The molecule has 0 aliphatic rings. The number of rotatable bonds is 6. The van der Waals surface area contributed by atoms with Crippen LogP contribution >= 0.6 is 0 Å². The Bertz CT molecular complexity index is 356. The van der Waals surface area contributed by atoms with E-state index < -0.39 is 0 Å². The Balaban J connectivity index is 2.70. The second-order valence-electron chi connectivity index (χ2n) is 4.43. The van der Waals surface area contributed by atoms with Crippen molar-refractivity contribution in [2.45, 2.75) is 39.8 Å². The average Bonchev–Trinajstić information content (AvgIpc) is 2.35. The van der Waals surface area contributed by atoms with E-state index in [2.05, 4.69) is 37.8 Å². The first-order valence-electron chi connectivity index (χ1n) is 6.25. The molecule has 94 valence electrons. The van der Waals surface area contributed by atoms with Crippen molar-refractivity contribution >= 4 is 5.84 Å². The molecule has 0 aromatic heterocycles. The zero-order chi connectivity index (χ0) is 12.8. The summed E-state index contributed by atoms with van der Waals surface area (Å²) in [6.45, 7) is 8.68. The fraction of sp³-hybridized carbons (Fsp3) is 0.500. The van der Waals surface area contributed by atoms with Crippen molar-refractivity contribution in [1.82, 2.24) is 4.90 Å². The van der Waals surface area contributed by atoms with Gasteiger partial charge in [0, 0.05) is 18.2 Å². The highest BCUT2D eigenvalue weighted by Gasteiger charge is 2.10. The van der Waals surface area contributed by atoms with Gasteiger partial charge < -0.3 is 5.73 Å².